The summed E-state index contributed by atoms with van der Waals surface area (Å²) in [5, 5.41) is 3.33. The van der Waals surface area contributed by atoms with Crippen molar-refractivity contribution in [1.82, 2.24) is 0 Å². The molecule has 2 aromatic carbocycles. The van der Waals surface area contributed by atoms with Crippen LogP contribution in [0, 0.1) is 0 Å². The van der Waals surface area contributed by atoms with Gasteiger partial charge in [0.1, 0.15) is 0 Å². The minimum atomic E-state index is -3.60. The number of anilines is 2. The van der Waals surface area contributed by atoms with Gasteiger partial charge in [-0.25, -0.2) is 8.42 Å². The third-order valence-electron chi connectivity index (χ3n) is 3.59. The third kappa shape index (κ3) is 3.46. The molecule has 1 heterocycles. The Labute approximate surface area is 140 Å². The van der Waals surface area contributed by atoms with Crippen LogP contribution in [0.5, 0.6) is 0 Å². The molecule has 5 nitrogen and oxygen atoms in total. The van der Waals surface area contributed by atoms with Crippen molar-refractivity contribution < 1.29 is 13.2 Å². The fourth-order valence-electron chi connectivity index (χ4n) is 2.40. The molecule has 1 aliphatic rings. The van der Waals surface area contributed by atoms with Gasteiger partial charge in [0.25, 0.3) is 15.2 Å². The van der Waals surface area contributed by atoms with Crippen LogP contribution in [0.2, 0.25) is 0 Å². The van der Waals surface area contributed by atoms with Gasteiger partial charge in [0, 0.05) is 17.3 Å². The Balaban J connectivity index is 1.92. The van der Waals surface area contributed by atoms with Gasteiger partial charge >= 0.3 is 0 Å². The van der Waals surface area contributed by atoms with E-state index in [0.29, 0.717) is 17.5 Å². The van der Waals surface area contributed by atoms with Gasteiger partial charge in [0.15, 0.2) is 0 Å². The van der Waals surface area contributed by atoms with Crippen molar-refractivity contribution in [3.63, 3.8) is 0 Å². The molecular formula is C16H16N2O3S2. The number of thiocarbonyl (C=S) groups is 1. The standard InChI is InChI=1S/C16H16N2O3S2/c1-11-10-21-16(22)17-15-8-7-12(9-14(11)15)18-23(19,20)13-5-3-2-4-6-13/h2-9,11,18H,10H2,1H3,(H,17,22). The van der Waals surface area contributed by atoms with Crippen molar-refractivity contribution in [2.45, 2.75) is 17.7 Å². The van der Waals surface area contributed by atoms with Gasteiger partial charge in [-0.15, -0.1) is 0 Å². The lowest BCUT2D eigenvalue weighted by molar-refractivity contribution is 0.294. The monoisotopic (exact) mass is 348 g/mol. The molecule has 0 aliphatic carbocycles. The Kier molecular flexibility index (Phi) is 4.23. The number of hydrogen-bond acceptors (Lipinski definition) is 4. The molecule has 2 N–H and O–H groups in total. The SMILES string of the molecule is CC1COC(=S)Nc2ccc(NS(=O)(=O)c3ccccc3)cc21. The topological polar surface area (TPSA) is 67.4 Å². The maximum Gasteiger partial charge on any atom is 0.261 e. The first-order valence-electron chi connectivity index (χ1n) is 7.11. The van der Waals surface area contributed by atoms with Crippen LogP contribution in [0.15, 0.2) is 53.4 Å². The number of hydrogen-bond donors (Lipinski definition) is 2. The zero-order valence-electron chi connectivity index (χ0n) is 12.4. The van der Waals surface area contributed by atoms with Crippen molar-refractivity contribution in [2.24, 2.45) is 0 Å². The molecule has 3 rings (SSSR count). The second-order valence-electron chi connectivity index (χ2n) is 5.35. The summed E-state index contributed by atoms with van der Waals surface area (Å²) in [6, 6.07) is 13.6. The summed E-state index contributed by atoms with van der Waals surface area (Å²) in [7, 11) is -3.60. The molecule has 0 spiro atoms. The summed E-state index contributed by atoms with van der Waals surface area (Å²) in [4.78, 5) is 0.227. The van der Waals surface area contributed by atoms with Gasteiger partial charge in [-0.05, 0) is 48.1 Å². The van der Waals surface area contributed by atoms with E-state index >= 15 is 0 Å². The second kappa shape index (κ2) is 6.17. The number of benzene rings is 2. The average Bonchev–Trinajstić information content (AvgIpc) is 2.67. The second-order valence-corrected chi connectivity index (χ2v) is 7.40. The van der Waals surface area contributed by atoms with E-state index in [9.17, 15) is 8.42 Å². The minimum absolute atomic E-state index is 0.0964. The molecule has 120 valence electrons. The van der Waals surface area contributed by atoms with Gasteiger partial charge in [-0.3, -0.25) is 4.72 Å². The van der Waals surface area contributed by atoms with Crippen LogP contribution in [0.1, 0.15) is 18.4 Å². The third-order valence-corrected chi connectivity index (χ3v) is 5.21. The van der Waals surface area contributed by atoms with Crippen LogP contribution < -0.4 is 10.0 Å². The summed E-state index contributed by atoms with van der Waals surface area (Å²) >= 11 is 5.06. The Bertz CT molecular complexity index is 836. The first-order valence-corrected chi connectivity index (χ1v) is 9.00. The van der Waals surface area contributed by atoms with Gasteiger partial charge in [-0.1, -0.05) is 25.1 Å². The maximum absolute atomic E-state index is 12.4. The predicted molar refractivity (Wildman–Crippen MR) is 94.3 cm³/mol. The highest BCUT2D eigenvalue weighted by Crippen LogP contribution is 2.31. The predicted octanol–water partition coefficient (Wildman–Crippen LogP) is 3.32. The summed E-state index contributed by atoms with van der Waals surface area (Å²) in [5.74, 6) is 0.0964. The smallest absolute Gasteiger partial charge is 0.261 e. The Hall–Kier alpha value is -2.12. The van der Waals surface area contributed by atoms with E-state index in [4.69, 9.17) is 17.0 Å². The lowest BCUT2D eigenvalue weighted by atomic mass is 10.00. The van der Waals surface area contributed by atoms with Crippen molar-refractivity contribution in [3.05, 3.63) is 54.1 Å². The molecule has 2 aromatic rings. The van der Waals surface area contributed by atoms with Crippen LogP contribution in [-0.4, -0.2) is 20.2 Å². The average molecular weight is 348 g/mol. The fraction of sp³-hybridized carbons (Fsp3) is 0.188. The lowest BCUT2D eigenvalue weighted by Crippen LogP contribution is -2.13. The molecule has 0 bridgehead atoms. The number of rotatable bonds is 3. The highest BCUT2D eigenvalue weighted by molar-refractivity contribution is 7.92. The normalized spacial score (nSPS) is 17.4. The Morgan fingerprint density at radius 3 is 2.70 bits per heavy atom. The van der Waals surface area contributed by atoms with E-state index in [0.717, 1.165) is 11.3 Å². The molecular weight excluding hydrogens is 332 g/mol. The Morgan fingerprint density at radius 1 is 1.22 bits per heavy atom. The molecule has 0 aromatic heterocycles. The van der Waals surface area contributed by atoms with Gasteiger partial charge in [-0.2, -0.15) is 0 Å². The molecule has 0 saturated carbocycles. The zero-order valence-corrected chi connectivity index (χ0v) is 14.1. The summed E-state index contributed by atoms with van der Waals surface area (Å²) in [6.07, 6.45) is 0. The van der Waals surface area contributed by atoms with E-state index in [-0.39, 0.29) is 10.8 Å². The number of fused-ring (bicyclic) bond motifs is 1. The molecule has 1 unspecified atom stereocenters. The molecule has 0 radical (unpaired) electrons. The number of sulfonamides is 1. The summed E-state index contributed by atoms with van der Waals surface area (Å²) < 4.78 is 32.8. The molecule has 0 saturated heterocycles. The molecule has 23 heavy (non-hydrogen) atoms. The fourth-order valence-corrected chi connectivity index (χ4v) is 3.65. The molecule has 1 aliphatic heterocycles. The van der Waals surface area contributed by atoms with Crippen LogP contribution >= 0.6 is 12.2 Å². The van der Waals surface area contributed by atoms with Crippen LogP contribution in [0.25, 0.3) is 0 Å². The van der Waals surface area contributed by atoms with Crippen LogP contribution in [0.4, 0.5) is 11.4 Å². The quantitative estimate of drug-likeness (QED) is 0.833. The van der Waals surface area contributed by atoms with E-state index in [1.54, 1.807) is 42.5 Å². The Morgan fingerprint density at radius 2 is 1.96 bits per heavy atom. The lowest BCUT2D eigenvalue weighted by Gasteiger charge is -2.14. The first kappa shape index (κ1) is 15.8. The van der Waals surface area contributed by atoms with Gasteiger partial charge < -0.3 is 10.1 Å². The van der Waals surface area contributed by atoms with Crippen molar-refractivity contribution in [1.29, 1.82) is 0 Å². The van der Waals surface area contributed by atoms with Gasteiger partial charge in [0.05, 0.1) is 11.5 Å². The number of nitrogens with one attached hydrogen (secondary N) is 2. The van der Waals surface area contributed by atoms with Crippen molar-refractivity contribution >= 4 is 38.8 Å². The van der Waals surface area contributed by atoms with E-state index in [2.05, 4.69) is 10.0 Å². The minimum Gasteiger partial charge on any atom is -0.470 e. The molecule has 0 amide bonds. The van der Waals surface area contributed by atoms with Crippen molar-refractivity contribution in [3.8, 4) is 0 Å². The highest BCUT2D eigenvalue weighted by atomic mass is 32.2. The van der Waals surface area contributed by atoms with E-state index < -0.39 is 10.0 Å². The maximum atomic E-state index is 12.4. The van der Waals surface area contributed by atoms with E-state index in [1.165, 1.54) is 0 Å². The molecule has 1 atom stereocenters. The zero-order chi connectivity index (χ0) is 16.4. The highest BCUT2D eigenvalue weighted by Gasteiger charge is 2.20. The summed E-state index contributed by atoms with van der Waals surface area (Å²) in [5.41, 5.74) is 2.30. The van der Waals surface area contributed by atoms with Crippen LogP contribution in [-0.2, 0) is 14.8 Å². The first-order chi connectivity index (χ1) is 11.0. The molecule has 7 heteroatoms. The van der Waals surface area contributed by atoms with Crippen LogP contribution in [0.3, 0.4) is 0 Å². The molecule has 0 fully saturated rings. The van der Waals surface area contributed by atoms with Crippen molar-refractivity contribution in [2.75, 3.05) is 16.6 Å². The van der Waals surface area contributed by atoms with E-state index in [1.807, 2.05) is 13.0 Å². The number of ether oxygens (including phenoxy) is 1. The largest absolute Gasteiger partial charge is 0.470 e. The van der Waals surface area contributed by atoms with Gasteiger partial charge in [0.2, 0.25) is 0 Å². The summed E-state index contributed by atoms with van der Waals surface area (Å²) in [6.45, 7) is 2.46.